The SMILES string of the molecule is COc1ccc([N+](=O)[O-])cc1OCCOCCS. The number of non-ortho nitro benzene ring substituents is 1. The zero-order valence-corrected chi connectivity index (χ0v) is 10.9. The van der Waals surface area contributed by atoms with Crippen LogP contribution in [0.3, 0.4) is 0 Å². The van der Waals surface area contributed by atoms with E-state index in [1.807, 2.05) is 0 Å². The standard InChI is InChI=1S/C11H15NO5S/c1-15-10-3-2-9(12(13)14)8-11(10)17-5-4-16-6-7-18/h2-3,8,18H,4-7H2,1H3. The molecular formula is C11H15NO5S. The number of nitro benzene ring substituents is 1. The minimum atomic E-state index is -0.482. The molecule has 0 aliphatic rings. The van der Waals surface area contributed by atoms with Gasteiger partial charge in [0.15, 0.2) is 11.5 Å². The first-order valence-corrected chi connectivity index (χ1v) is 5.96. The van der Waals surface area contributed by atoms with Gasteiger partial charge < -0.3 is 14.2 Å². The van der Waals surface area contributed by atoms with Gasteiger partial charge in [0.1, 0.15) is 6.61 Å². The van der Waals surface area contributed by atoms with Crippen LogP contribution in [0.4, 0.5) is 5.69 Å². The van der Waals surface area contributed by atoms with E-state index >= 15 is 0 Å². The van der Waals surface area contributed by atoms with Crippen LogP contribution < -0.4 is 9.47 Å². The Labute approximate surface area is 110 Å². The van der Waals surface area contributed by atoms with Crippen molar-refractivity contribution >= 4 is 18.3 Å². The molecule has 0 aliphatic carbocycles. The van der Waals surface area contributed by atoms with Crippen LogP contribution in [0.1, 0.15) is 0 Å². The van der Waals surface area contributed by atoms with Crippen molar-refractivity contribution in [1.29, 1.82) is 0 Å². The molecule has 1 rings (SSSR count). The van der Waals surface area contributed by atoms with Crippen LogP contribution >= 0.6 is 12.6 Å². The predicted molar refractivity (Wildman–Crippen MR) is 69.8 cm³/mol. The number of ether oxygens (including phenoxy) is 3. The lowest BCUT2D eigenvalue weighted by Crippen LogP contribution is -2.08. The molecule has 0 saturated carbocycles. The highest BCUT2D eigenvalue weighted by Crippen LogP contribution is 2.30. The van der Waals surface area contributed by atoms with E-state index in [1.54, 1.807) is 0 Å². The van der Waals surface area contributed by atoms with Gasteiger partial charge in [-0.25, -0.2) is 0 Å². The zero-order valence-electron chi connectivity index (χ0n) is 10.00. The Morgan fingerprint density at radius 3 is 2.67 bits per heavy atom. The Balaban J connectivity index is 2.61. The number of nitro groups is 1. The van der Waals surface area contributed by atoms with Gasteiger partial charge in [-0.1, -0.05) is 0 Å². The molecular weight excluding hydrogens is 258 g/mol. The van der Waals surface area contributed by atoms with E-state index in [-0.39, 0.29) is 5.69 Å². The first kappa shape index (κ1) is 14.6. The molecule has 0 spiro atoms. The maximum atomic E-state index is 10.6. The summed E-state index contributed by atoms with van der Waals surface area (Å²) in [6.45, 7) is 1.23. The van der Waals surface area contributed by atoms with E-state index in [4.69, 9.17) is 14.2 Å². The monoisotopic (exact) mass is 273 g/mol. The van der Waals surface area contributed by atoms with Crippen molar-refractivity contribution in [2.24, 2.45) is 0 Å². The largest absolute Gasteiger partial charge is 0.493 e. The Morgan fingerprint density at radius 2 is 2.06 bits per heavy atom. The minimum Gasteiger partial charge on any atom is -0.493 e. The summed E-state index contributed by atoms with van der Waals surface area (Å²) in [5, 5.41) is 10.6. The number of hydrogen-bond acceptors (Lipinski definition) is 6. The normalized spacial score (nSPS) is 10.1. The summed E-state index contributed by atoms with van der Waals surface area (Å²) in [5.41, 5.74) is -0.0397. The Bertz CT molecular complexity index is 399. The topological polar surface area (TPSA) is 70.8 Å². The Hall–Kier alpha value is -1.47. The molecule has 7 heteroatoms. The van der Waals surface area contributed by atoms with Crippen LogP contribution in [0.25, 0.3) is 0 Å². The average molecular weight is 273 g/mol. The molecule has 1 aromatic rings. The van der Waals surface area contributed by atoms with Crippen molar-refractivity contribution in [3.63, 3.8) is 0 Å². The van der Waals surface area contributed by atoms with Crippen molar-refractivity contribution < 1.29 is 19.1 Å². The van der Waals surface area contributed by atoms with Crippen molar-refractivity contribution in [2.75, 3.05) is 32.7 Å². The summed E-state index contributed by atoms with van der Waals surface area (Å²) in [6, 6.07) is 4.20. The lowest BCUT2D eigenvalue weighted by molar-refractivity contribution is -0.385. The second kappa shape index (κ2) is 7.78. The van der Waals surface area contributed by atoms with Gasteiger partial charge in [-0.2, -0.15) is 12.6 Å². The number of benzene rings is 1. The van der Waals surface area contributed by atoms with Crippen molar-refractivity contribution in [3.05, 3.63) is 28.3 Å². The third kappa shape index (κ3) is 4.42. The molecule has 0 amide bonds. The molecule has 100 valence electrons. The van der Waals surface area contributed by atoms with E-state index in [2.05, 4.69) is 12.6 Å². The van der Waals surface area contributed by atoms with Crippen molar-refractivity contribution in [2.45, 2.75) is 0 Å². The number of rotatable bonds is 8. The molecule has 0 fully saturated rings. The van der Waals surface area contributed by atoms with Crippen LogP contribution in [-0.2, 0) is 4.74 Å². The van der Waals surface area contributed by atoms with E-state index in [1.165, 1.54) is 25.3 Å². The van der Waals surface area contributed by atoms with Gasteiger partial charge in [0, 0.05) is 11.8 Å². The Morgan fingerprint density at radius 1 is 1.28 bits per heavy atom. The highest BCUT2D eigenvalue weighted by atomic mass is 32.1. The summed E-state index contributed by atoms with van der Waals surface area (Å²) in [5.74, 6) is 1.43. The molecule has 0 aromatic heterocycles. The lowest BCUT2D eigenvalue weighted by Gasteiger charge is -2.10. The van der Waals surface area contributed by atoms with Gasteiger partial charge in [-0.15, -0.1) is 0 Å². The third-order valence-electron chi connectivity index (χ3n) is 2.08. The van der Waals surface area contributed by atoms with Crippen LogP contribution in [0, 0.1) is 10.1 Å². The summed E-state index contributed by atoms with van der Waals surface area (Å²) in [6.07, 6.45) is 0. The quantitative estimate of drug-likeness (QED) is 0.339. The van der Waals surface area contributed by atoms with Crippen LogP contribution in [-0.4, -0.2) is 37.6 Å². The summed E-state index contributed by atoms with van der Waals surface area (Å²) in [4.78, 5) is 10.2. The smallest absolute Gasteiger partial charge is 0.273 e. The van der Waals surface area contributed by atoms with E-state index in [0.29, 0.717) is 37.1 Å². The molecule has 0 saturated heterocycles. The summed E-state index contributed by atoms with van der Waals surface area (Å²) >= 11 is 4.00. The number of methoxy groups -OCH3 is 1. The summed E-state index contributed by atoms with van der Waals surface area (Å²) < 4.78 is 15.6. The fraction of sp³-hybridized carbons (Fsp3) is 0.455. The van der Waals surface area contributed by atoms with E-state index in [0.717, 1.165) is 0 Å². The van der Waals surface area contributed by atoms with Crippen LogP contribution in [0.5, 0.6) is 11.5 Å². The van der Waals surface area contributed by atoms with Gasteiger partial charge in [0.2, 0.25) is 0 Å². The highest BCUT2D eigenvalue weighted by molar-refractivity contribution is 7.80. The molecule has 18 heavy (non-hydrogen) atoms. The van der Waals surface area contributed by atoms with Crippen LogP contribution in [0.15, 0.2) is 18.2 Å². The maximum Gasteiger partial charge on any atom is 0.273 e. The number of thiol groups is 1. The second-order valence-electron chi connectivity index (χ2n) is 3.28. The molecule has 0 heterocycles. The van der Waals surface area contributed by atoms with Gasteiger partial charge >= 0.3 is 0 Å². The molecule has 1 aromatic carbocycles. The molecule has 0 atom stereocenters. The molecule has 0 bridgehead atoms. The van der Waals surface area contributed by atoms with Crippen LogP contribution in [0.2, 0.25) is 0 Å². The average Bonchev–Trinajstić information content (AvgIpc) is 2.38. The van der Waals surface area contributed by atoms with Gasteiger partial charge in [-0.3, -0.25) is 10.1 Å². The first-order valence-electron chi connectivity index (χ1n) is 5.33. The molecule has 0 unspecified atom stereocenters. The predicted octanol–water partition coefficient (Wildman–Crippen LogP) is 1.93. The zero-order chi connectivity index (χ0) is 13.4. The summed E-state index contributed by atoms with van der Waals surface area (Å²) in [7, 11) is 1.48. The van der Waals surface area contributed by atoms with Crippen molar-refractivity contribution in [1.82, 2.24) is 0 Å². The fourth-order valence-electron chi connectivity index (χ4n) is 1.27. The van der Waals surface area contributed by atoms with Gasteiger partial charge in [-0.05, 0) is 6.07 Å². The number of hydrogen-bond donors (Lipinski definition) is 1. The first-order chi connectivity index (χ1) is 8.69. The van der Waals surface area contributed by atoms with E-state index in [9.17, 15) is 10.1 Å². The second-order valence-corrected chi connectivity index (χ2v) is 3.72. The molecule has 6 nitrogen and oxygen atoms in total. The molecule has 0 aliphatic heterocycles. The van der Waals surface area contributed by atoms with Gasteiger partial charge in [0.05, 0.1) is 31.3 Å². The Kier molecular flexibility index (Phi) is 6.31. The van der Waals surface area contributed by atoms with Crippen molar-refractivity contribution in [3.8, 4) is 11.5 Å². The third-order valence-corrected chi connectivity index (χ3v) is 2.26. The van der Waals surface area contributed by atoms with Gasteiger partial charge in [0.25, 0.3) is 5.69 Å². The minimum absolute atomic E-state index is 0.0397. The van der Waals surface area contributed by atoms with E-state index < -0.39 is 4.92 Å². The molecule has 0 N–H and O–H groups in total. The lowest BCUT2D eigenvalue weighted by atomic mass is 10.3. The maximum absolute atomic E-state index is 10.6. The fourth-order valence-corrected chi connectivity index (χ4v) is 1.40. The highest BCUT2D eigenvalue weighted by Gasteiger charge is 2.12. The molecule has 0 radical (unpaired) electrons. The number of nitrogens with zero attached hydrogens (tertiary/aromatic N) is 1.